The number of morpholine rings is 1. The Bertz CT molecular complexity index is 567. The van der Waals surface area contributed by atoms with Gasteiger partial charge in [0.05, 0.1) is 18.8 Å². The van der Waals surface area contributed by atoms with E-state index in [0.29, 0.717) is 31.9 Å². The van der Waals surface area contributed by atoms with Gasteiger partial charge in [-0.1, -0.05) is 12.1 Å². The molecule has 24 heavy (non-hydrogen) atoms. The normalized spacial score (nSPS) is 15.2. The van der Waals surface area contributed by atoms with Crippen LogP contribution in [0, 0.1) is 0 Å². The SMILES string of the molecule is O=C(CCC(=O)N1CCOCC1)NCc1ccc(C(F)(F)F)cc1. The van der Waals surface area contributed by atoms with E-state index in [-0.39, 0.29) is 31.2 Å². The summed E-state index contributed by atoms with van der Waals surface area (Å²) in [4.78, 5) is 25.3. The molecule has 0 spiro atoms. The average molecular weight is 344 g/mol. The number of hydrogen-bond acceptors (Lipinski definition) is 3. The van der Waals surface area contributed by atoms with Crippen molar-refractivity contribution >= 4 is 11.8 Å². The summed E-state index contributed by atoms with van der Waals surface area (Å²) in [6.07, 6.45) is -4.21. The number of amides is 2. The Balaban J connectivity index is 1.72. The average Bonchev–Trinajstić information content (AvgIpc) is 2.58. The van der Waals surface area contributed by atoms with Crippen LogP contribution in [-0.4, -0.2) is 43.0 Å². The van der Waals surface area contributed by atoms with Crippen LogP contribution < -0.4 is 5.32 Å². The van der Waals surface area contributed by atoms with Crippen molar-refractivity contribution in [3.8, 4) is 0 Å². The highest BCUT2D eigenvalue weighted by atomic mass is 19.4. The molecule has 0 atom stereocenters. The van der Waals surface area contributed by atoms with Crippen LogP contribution in [0.3, 0.4) is 0 Å². The number of alkyl halides is 3. The van der Waals surface area contributed by atoms with Crippen LogP contribution in [-0.2, 0) is 27.0 Å². The van der Waals surface area contributed by atoms with Crippen LogP contribution in [0.5, 0.6) is 0 Å². The van der Waals surface area contributed by atoms with Gasteiger partial charge in [-0.3, -0.25) is 9.59 Å². The number of ether oxygens (including phenoxy) is 1. The van der Waals surface area contributed by atoms with Crippen LogP contribution in [0.1, 0.15) is 24.0 Å². The summed E-state index contributed by atoms with van der Waals surface area (Å²) in [6.45, 7) is 2.21. The minimum Gasteiger partial charge on any atom is -0.378 e. The van der Waals surface area contributed by atoms with E-state index < -0.39 is 11.7 Å². The lowest BCUT2D eigenvalue weighted by molar-refractivity contribution is -0.137. The number of carbonyl (C=O) groups excluding carboxylic acids is 2. The summed E-state index contributed by atoms with van der Waals surface area (Å²) < 4.78 is 42.5. The Morgan fingerprint density at radius 3 is 2.29 bits per heavy atom. The summed E-state index contributed by atoms with van der Waals surface area (Å²) in [7, 11) is 0. The molecule has 2 rings (SSSR count). The van der Waals surface area contributed by atoms with Crippen molar-refractivity contribution in [1.82, 2.24) is 10.2 Å². The van der Waals surface area contributed by atoms with Gasteiger partial charge >= 0.3 is 6.18 Å². The van der Waals surface area contributed by atoms with Crippen LogP contribution in [0.15, 0.2) is 24.3 Å². The fourth-order valence-electron chi connectivity index (χ4n) is 2.29. The summed E-state index contributed by atoms with van der Waals surface area (Å²) >= 11 is 0. The topological polar surface area (TPSA) is 58.6 Å². The molecule has 1 heterocycles. The second kappa shape index (κ2) is 8.14. The highest BCUT2D eigenvalue weighted by Gasteiger charge is 2.29. The Kier molecular flexibility index (Phi) is 6.19. The minimum absolute atomic E-state index is 0.0524. The molecule has 1 aromatic rings. The van der Waals surface area contributed by atoms with Crippen molar-refractivity contribution in [3.05, 3.63) is 35.4 Å². The van der Waals surface area contributed by atoms with Crippen molar-refractivity contribution in [2.75, 3.05) is 26.3 Å². The van der Waals surface area contributed by atoms with Crippen LogP contribution in [0.25, 0.3) is 0 Å². The molecule has 0 unspecified atom stereocenters. The largest absolute Gasteiger partial charge is 0.416 e. The first kappa shape index (κ1) is 18.3. The zero-order chi connectivity index (χ0) is 17.6. The van der Waals surface area contributed by atoms with E-state index in [1.807, 2.05) is 0 Å². The lowest BCUT2D eigenvalue weighted by Gasteiger charge is -2.26. The molecule has 1 saturated heterocycles. The number of nitrogens with zero attached hydrogens (tertiary/aromatic N) is 1. The first-order chi connectivity index (χ1) is 11.4. The van der Waals surface area contributed by atoms with E-state index in [9.17, 15) is 22.8 Å². The standard InChI is InChI=1S/C16H19F3N2O3/c17-16(18,19)13-3-1-12(2-4-13)11-20-14(22)5-6-15(23)21-7-9-24-10-8-21/h1-4H,5-11H2,(H,20,22). The summed E-state index contributed by atoms with van der Waals surface area (Å²) in [5.74, 6) is -0.403. The van der Waals surface area contributed by atoms with Gasteiger partial charge in [0.1, 0.15) is 0 Å². The number of nitrogens with one attached hydrogen (secondary N) is 1. The Morgan fingerprint density at radius 2 is 1.71 bits per heavy atom. The highest BCUT2D eigenvalue weighted by molar-refractivity contribution is 5.83. The molecule has 1 aliphatic rings. The van der Waals surface area contributed by atoms with Crippen molar-refractivity contribution in [3.63, 3.8) is 0 Å². The second-order valence-corrected chi connectivity index (χ2v) is 5.46. The minimum atomic E-state index is -4.37. The van der Waals surface area contributed by atoms with Crippen molar-refractivity contribution in [1.29, 1.82) is 0 Å². The van der Waals surface area contributed by atoms with E-state index in [1.165, 1.54) is 12.1 Å². The zero-order valence-corrected chi connectivity index (χ0v) is 13.1. The lowest BCUT2D eigenvalue weighted by Crippen LogP contribution is -2.41. The first-order valence-corrected chi connectivity index (χ1v) is 7.64. The van der Waals surface area contributed by atoms with Crippen LogP contribution in [0.2, 0.25) is 0 Å². The number of rotatable bonds is 5. The van der Waals surface area contributed by atoms with E-state index in [1.54, 1.807) is 4.90 Å². The molecule has 132 valence electrons. The van der Waals surface area contributed by atoms with E-state index in [2.05, 4.69) is 5.32 Å². The summed E-state index contributed by atoms with van der Waals surface area (Å²) in [5.41, 5.74) is -0.162. The molecule has 5 nitrogen and oxygen atoms in total. The third-order valence-electron chi connectivity index (χ3n) is 3.70. The molecule has 0 bridgehead atoms. The highest BCUT2D eigenvalue weighted by Crippen LogP contribution is 2.29. The molecule has 0 saturated carbocycles. The van der Waals surface area contributed by atoms with E-state index >= 15 is 0 Å². The van der Waals surface area contributed by atoms with Gasteiger partial charge in [-0.2, -0.15) is 13.2 Å². The molecule has 0 radical (unpaired) electrons. The molecule has 1 aliphatic heterocycles. The Labute approximate surface area is 137 Å². The van der Waals surface area contributed by atoms with Crippen LogP contribution in [0.4, 0.5) is 13.2 Å². The molecule has 1 fully saturated rings. The van der Waals surface area contributed by atoms with Gasteiger partial charge < -0.3 is 15.0 Å². The first-order valence-electron chi connectivity index (χ1n) is 7.64. The van der Waals surface area contributed by atoms with E-state index in [0.717, 1.165) is 12.1 Å². The molecular formula is C16H19F3N2O3. The van der Waals surface area contributed by atoms with Gasteiger partial charge in [0, 0.05) is 32.5 Å². The molecule has 0 aromatic heterocycles. The molecule has 1 aromatic carbocycles. The molecule has 2 amide bonds. The number of hydrogen-bond donors (Lipinski definition) is 1. The Hall–Kier alpha value is -2.09. The summed E-state index contributed by atoms with van der Waals surface area (Å²) in [5, 5.41) is 2.60. The second-order valence-electron chi connectivity index (χ2n) is 5.46. The molecule has 0 aliphatic carbocycles. The van der Waals surface area contributed by atoms with Crippen molar-refractivity contribution < 1.29 is 27.5 Å². The fourth-order valence-corrected chi connectivity index (χ4v) is 2.29. The molecule has 8 heteroatoms. The van der Waals surface area contributed by atoms with Gasteiger partial charge in [0.2, 0.25) is 11.8 Å². The zero-order valence-electron chi connectivity index (χ0n) is 13.1. The van der Waals surface area contributed by atoms with Crippen LogP contribution >= 0.6 is 0 Å². The number of carbonyl (C=O) groups is 2. The van der Waals surface area contributed by atoms with E-state index in [4.69, 9.17) is 4.74 Å². The lowest BCUT2D eigenvalue weighted by atomic mass is 10.1. The quantitative estimate of drug-likeness (QED) is 0.888. The van der Waals surface area contributed by atoms with Crippen molar-refractivity contribution in [2.45, 2.75) is 25.6 Å². The smallest absolute Gasteiger partial charge is 0.378 e. The van der Waals surface area contributed by atoms with Gasteiger partial charge in [-0.15, -0.1) is 0 Å². The maximum absolute atomic E-state index is 12.4. The van der Waals surface area contributed by atoms with Crippen molar-refractivity contribution in [2.24, 2.45) is 0 Å². The Morgan fingerprint density at radius 1 is 1.08 bits per heavy atom. The van der Waals surface area contributed by atoms with Gasteiger partial charge in [-0.05, 0) is 17.7 Å². The third-order valence-corrected chi connectivity index (χ3v) is 3.70. The molecule has 1 N–H and O–H groups in total. The predicted molar refractivity (Wildman–Crippen MR) is 79.9 cm³/mol. The van der Waals surface area contributed by atoms with Gasteiger partial charge in [0.25, 0.3) is 0 Å². The summed E-state index contributed by atoms with van der Waals surface area (Å²) in [6, 6.07) is 4.59. The fraction of sp³-hybridized carbons (Fsp3) is 0.500. The number of halogens is 3. The van der Waals surface area contributed by atoms with Gasteiger partial charge in [0.15, 0.2) is 0 Å². The molecular weight excluding hydrogens is 325 g/mol. The maximum atomic E-state index is 12.4. The predicted octanol–water partition coefficient (Wildman–Crippen LogP) is 1.96. The number of benzene rings is 1. The van der Waals surface area contributed by atoms with Gasteiger partial charge in [-0.25, -0.2) is 0 Å². The maximum Gasteiger partial charge on any atom is 0.416 e. The third kappa shape index (κ3) is 5.52. The monoisotopic (exact) mass is 344 g/mol.